The maximum Gasteiger partial charge on any atom is 0.184 e. The summed E-state index contributed by atoms with van der Waals surface area (Å²) in [5.41, 5.74) is 0. The van der Waals surface area contributed by atoms with Crippen LogP contribution >= 0.6 is 11.6 Å². The molecule has 0 unspecified atom stereocenters. The molecule has 1 nitrogen and oxygen atoms in total. The molecule has 0 spiro atoms. The maximum atomic E-state index is 9.27. The minimum absolute atomic E-state index is 0.222. The first-order valence-electron chi connectivity index (χ1n) is 0.893. The zero-order valence-corrected chi connectivity index (χ0v) is 5.04. The summed E-state index contributed by atoms with van der Waals surface area (Å²) in [4.78, 5) is 9.05. The van der Waals surface area contributed by atoms with Crippen LogP contribution in [0.15, 0.2) is 0 Å². The molecule has 0 aliphatic rings. The summed E-state index contributed by atoms with van der Waals surface area (Å²) >= 11 is 4.70. The van der Waals surface area contributed by atoms with Crippen LogP contribution < -0.4 is 0 Å². The number of hydrogen-bond donors (Lipinski definition) is 0. The lowest BCUT2D eigenvalue weighted by atomic mass is 11.8. The van der Waals surface area contributed by atoms with Gasteiger partial charge in [0.1, 0.15) is 10.2 Å². The fraction of sp³-hybridized carbons (Fsp3) is 0. The normalized spacial score (nSPS) is 7.25. The van der Waals surface area contributed by atoms with Gasteiger partial charge in [0.25, 0.3) is 0 Å². The van der Waals surface area contributed by atoms with Crippen LogP contribution in [0, 0.1) is 0 Å². The number of rotatable bonds is 0. The first-order chi connectivity index (χ1) is 1.73. The van der Waals surface area contributed by atoms with E-state index in [1.54, 1.807) is 0 Å². The third-order valence-electron chi connectivity index (χ3n) is 0. The van der Waals surface area contributed by atoms with Crippen molar-refractivity contribution in [3.05, 3.63) is 0 Å². The monoisotopic (exact) mass is 94.0 g/mol. The number of carbonyl (C=O) groups excluding carboxylic acids is 1. The minimum Gasteiger partial charge on any atom is -0.289 e. The molecule has 0 rings (SSSR count). The second-order valence-corrected chi connectivity index (χ2v) is 2.54. The zero-order valence-electron chi connectivity index (χ0n) is 2.29. The number of halogens is 1. The zero-order chi connectivity index (χ0) is 3.58. The van der Waals surface area contributed by atoms with Gasteiger partial charge >= 0.3 is 0 Å². The molecule has 0 amide bonds. The van der Waals surface area contributed by atoms with E-state index in [1.165, 1.54) is 0 Å². The van der Waals surface area contributed by atoms with Crippen molar-refractivity contribution in [3.63, 3.8) is 0 Å². The molecule has 0 bridgehead atoms. The van der Waals surface area contributed by atoms with Crippen molar-refractivity contribution >= 4 is 26.7 Å². The van der Waals surface area contributed by atoms with Gasteiger partial charge in [-0.15, -0.1) is 0 Å². The molecule has 0 aliphatic heterocycles. The largest absolute Gasteiger partial charge is 0.289 e. The van der Waals surface area contributed by atoms with Crippen LogP contribution in [0.4, 0.5) is 4.79 Å². The van der Waals surface area contributed by atoms with Crippen molar-refractivity contribution in [3.8, 4) is 0 Å². The van der Waals surface area contributed by atoms with E-state index >= 15 is 0 Å². The second kappa shape index (κ2) is 1.49. The van der Waals surface area contributed by atoms with Gasteiger partial charge in [-0.1, -0.05) is 11.6 Å². The Balaban J connectivity index is 2.80. The van der Waals surface area contributed by atoms with Crippen LogP contribution in [-0.2, 0) is 0 Å². The third-order valence-corrected chi connectivity index (χ3v) is 0. The van der Waals surface area contributed by atoms with Gasteiger partial charge in [0.2, 0.25) is 0 Å². The van der Waals surface area contributed by atoms with E-state index in [0.29, 0.717) is 10.2 Å². The lowest BCUT2D eigenvalue weighted by Crippen LogP contribution is -1.69. The van der Waals surface area contributed by atoms with E-state index in [4.69, 9.17) is 11.6 Å². The van der Waals surface area contributed by atoms with Crippen molar-refractivity contribution in [2.75, 3.05) is 0 Å². The summed E-state index contributed by atoms with van der Waals surface area (Å²) < 4.78 is 0. The maximum absolute atomic E-state index is 9.27. The van der Waals surface area contributed by atoms with E-state index in [1.807, 2.05) is 0 Å². The predicted molar refractivity (Wildman–Crippen MR) is 21.2 cm³/mol. The Hall–Kier alpha value is 0.177. The highest BCUT2D eigenvalue weighted by Gasteiger charge is 1.67. The smallest absolute Gasteiger partial charge is 0.184 e. The molecule has 0 saturated carbocycles. The highest BCUT2D eigenvalue weighted by atomic mass is 35.5. The van der Waals surface area contributed by atoms with E-state index in [9.17, 15) is 4.79 Å². The topological polar surface area (TPSA) is 17.1 Å². The lowest BCUT2D eigenvalue weighted by Gasteiger charge is -1.52. The summed E-state index contributed by atoms with van der Waals surface area (Å²) in [6.07, 6.45) is 0. The molecular weight excluding hydrogens is 91.5 g/mol. The molecular formula is CH3ClOSi. The lowest BCUT2D eigenvalue weighted by molar-refractivity contribution is 0.275. The molecule has 0 aromatic heterocycles. The molecule has 3 heteroatoms. The molecule has 0 aromatic rings. The van der Waals surface area contributed by atoms with Crippen molar-refractivity contribution in [2.45, 2.75) is 0 Å². The van der Waals surface area contributed by atoms with E-state index in [2.05, 4.69) is 0 Å². The van der Waals surface area contributed by atoms with Crippen LogP contribution in [0.1, 0.15) is 0 Å². The molecule has 4 heavy (non-hydrogen) atoms. The molecule has 0 fully saturated rings. The first-order valence-corrected chi connectivity index (χ1v) is 2.27. The highest BCUT2D eigenvalue weighted by molar-refractivity contribution is 6.91. The Morgan fingerprint density at radius 1 is 2.00 bits per heavy atom. The minimum atomic E-state index is -0.222. The van der Waals surface area contributed by atoms with Gasteiger partial charge < -0.3 is 0 Å². The number of hydrogen-bond acceptors (Lipinski definition) is 1. The Labute approximate surface area is 32.4 Å². The number of carbonyl (C=O) groups is 1. The van der Waals surface area contributed by atoms with E-state index in [-0.39, 0.29) is 4.87 Å². The predicted octanol–water partition coefficient (Wildman–Crippen LogP) is -0.289. The molecule has 0 N–H and O–H groups in total. The van der Waals surface area contributed by atoms with Crippen LogP contribution in [-0.4, -0.2) is 15.1 Å². The van der Waals surface area contributed by atoms with Crippen molar-refractivity contribution < 1.29 is 4.79 Å². The van der Waals surface area contributed by atoms with Crippen molar-refractivity contribution in [1.82, 2.24) is 0 Å². The van der Waals surface area contributed by atoms with Gasteiger partial charge in [-0.3, -0.25) is 4.79 Å². The van der Waals surface area contributed by atoms with Gasteiger partial charge in [-0.05, 0) is 0 Å². The molecule has 0 aliphatic carbocycles. The Kier molecular flexibility index (Phi) is 1.56. The van der Waals surface area contributed by atoms with Crippen LogP contribution in [0.5, 0.6) is 0 Å². The quantitative estimate of drug-likeness (QED) is 0.298. The van der Waals surface area contributed by atoms with Gasteiger partial charge in [-0.25, -0.2) is 0 Å². The van der Waals surface area contributed by atoms with Crippen molar-refractivity contribution in [2.24, 2.45) is 0 Å². The standard InChI is InChI=1S/CH3ClOSi/c2-1(3)4/h4H3. The van der Waals surface area contributed by atoms with Crippen LogP contribution in [0.3, 0.4) is 0 Å². The Morgan fingerprint density at radius 3 is 2.00 bits per heavy atom. The Morgan fingerprint density at radius 2 is 2.00 bits per heavy atom. The SMILES string of the molecule is O=C([SiH3])Cl. The molecule has 24 valence electrons. The summed E-state index contributed by atoms with van der Waals surface area (Å²) in [6.45, 7) is 0. The summed E-state index contributed by atoms with van der Waals surface area (Å²) in [6, 6.07) is 0. The van der Waals surface area contributed by atoms with Gasteiger partial charge in [0.05, 0.1) is 0 Å². The average Bonchev–Trinajstić information content (AvgIpc) is 0.811. The van der Waals surface area contributed by atoms with Crippen LogP contribution in [0.25, 0.3) is 0 Å². The van der Waals surface area contributed by atoms with Gasteiger partial charge in [0.15, 0.2) is 4.87 Å². The van der Waals surface area contributed by atoms with Crippen LogP contribution in [0.2, 0.25) is 0 Å². The molecule has 0 aromatic carbocycles. The first kappa shape index (κ1) is 4.18. The van der Waals surface area contributed by atoms with Crippen molar-refractivity contribution in [1.29, 1.82) is 0 Å². The summed E-state index contributed by atoms with van der Waals surface area (Å²) in [7, 11) is 0.475. The fourth-order valence-corrected chi connectivity index (χ4v) is 0. The molecule has 0 heterocycles. The fourth-order valence-electron chi connectivity index (χ4n) is 0. The molecule has 0 radical (unpaired) electrons. The van der Waals surface area contributed by atoms with E-state index < -0.39 is 0 Å². The molecule has 0 atom stereocenters. The van der Waals surface area contributed by atoms with Gasteiger partial charge in [-0.2, -0.15) is 0 Å². The summed E-state index contributed by atoms with van der Waals surface area (Å²) in [5.74, 6) is 0. The summed E-state index contributed by atoms with van der Waals surface area (Å²) in [5, 5.41) is 0. The third kappa shape index (κ3) is 96.4. The molecule has 0 saturated heterocycles. The average molecular weight is 94.6 g/mol. The highest BCUT2D eigenvalue weighted by Crippen LogP contribution is 1.66. The second-order valence-electron chi connectivity index (χ2n) is 0.470. The van der Waals surface area contributed by atoms with Gasteiger partial charge in [0, 0.05) is 0 Å². The van der Waals surface area contributed by atoms with E-state index in [0.717, 1.165) is 0 Å². The Bertz CT molecular complexity index is 31.0.